The number of rotatable bonds is 6. The average Bonchev–Trinajstić information content (AvgIpc) is 2.32. The van der Waals surface area contributed by atoms with Crippen molar-refractivity contribution in [2.75, 3.05) is 25.5 Å². The summed E-state index contributed by atoms with van der Waals surface area (Å²) in [5, 5.41) is 0. The van der Waals surface area contributed by atoms with E-state index < -0.39 is 0 Å². The molecule has 1 aliphatic heterocycles. The summed E-state index contributed by atoms with van der Waals surface area (Å²) in [5.74, 6) is 2.52. The van der Waals surface area contributed by atoms with Crippen molar-refractivity contribution in [1.82, 2.24) is 4.90 Å². The predicted octanol–water partition coefficient (Wildman–Crippen LogP) is 3.56. The lowest BCUT2D eigenvalue weighted by molar-refractivity contribution is 0.0203. The van der Waals surface area contributed by atoms with Gasteiger partial charge in [-0.05, 0) is 58.0 Å². The smallest absolute Gasteiger partial charge is 0.124 e. The minimum atomic E-state index is -0.167. The van der Waals surface area contributed by atoms with Crippen LogP contribution < -0.4 is 9.47 Å². The number of likely N-dealkylation sites (tertiary alicyclic amines) is 1. The molecule has 0 N–H and O–H groups in total. The van der Waals surface area contributed by atoms with Crippen molar-refractivity contribution < 1.29 is 9.47 Å². The first-order chi connectivity index (χ1) is 9.46. The van der Waals surface area contributed by atoms with Gasteiger partial charge in [0.2, 0.25) is 0 Å². The van der Waals surface area contributed by atoms with E-state index in [0.717, 1.165) is 43.4 Å². The van der Waals surface area contributed by atoms with Crippen LogP contribution in [0.3, 0.4) is 0 Å². The molecular weight excluding hydrogens is 274 g/mol. The molecule has 0 aliphatic carbocycles. The topological polar surface area (TPSA) is 21.7 Å². The number of ether oxygens (including phenoxy) is 2. The predicted molar refractivity (Wildman–Crippen MR) is 83.0 cm³/mol. The van der Waals surface area contributed by atoms with E-state index in [2.05, 4.69) is 4.90 Å². The van der Waals surface area contributed by atoms with Crippen LogP contribution >= 0.6 is 11.6 Å². The van der Waals surface area contributed by atoms with Crippen molar-refractivity contribution in [3.05, 3.63) is 24.3 Å². The van der Waals surface area contributed by atoms with Crippen LogP contribution in [-0.4, -0.2) is 42.1 Å². The van der Waals surface area contributed by atoms with Crippen LogP contribution in [0.15, 0.2) is 24.3 Å². The molecule has 3 nitrogen and oxygen atoms in total. The highest BCUT2D eigenvalue weighted by molar-refractivity contribution is 6.17. The summed E-state index contributed by atoms with van der Waals surface area (Å²) < 4.78 is 11.7. The molecule has 112 valence electrons. The first-order valence-electron chi connectivity index (χ1n) is 7.20. The van der Waals surface area contributed by atoms with Crippen LogP contribution in [0, 0.1) is 0 Å². The Morgan fingerprint density at radius 3 is 2.30 bits per heavy atom. The molecule has 0 amide bonds. The molecule has 0 atom stereocenters. The van der Waals surface area contributed by atoms with Crippen molar-refractivity contribution in [3.8, 4) is 11.5 Å². The van der Waals surface area contributed by atoms with Crippen LogP contribution in [-0.2, 0) is 0 Å². The van der Waals surface area contributed by atoms with Gasteiger partial charge in [-0.3, -0.25) is 4.90 Å². The van der Waals surface area contributed by atoms with Gasteiger partial charge in [-0.15, -0.1) is 11.6 Å². The summed E-state index contributed by atoms with van der Waals surface area (Å²) in [7, 11) is 0. The molecular formula is C16H24ClNO2. The van der Waals surface area contributed by atoms with E-state index in [0.29, 0.717) is 6.10 Å². The molecule has 1 saturated heterocycles. The van der Waals surface area contributed by atoms with Crippen molar-refractivity contribution in [2.24, 2.45) is 0 Å². The third-order valence-electron chi connectivity index (χ3n) is 3.08. The van der Waals surface area contributed by atoms with E-state index in [1.54, 1.807) is 0 Å². The summed E-state index contributed by atoms with van der Waals surface area (Å²) in [6.07, 6.45) is 1.35. The molecule has 0 aromatic heterocycles. The van der Waals surface area contributed by atoms with Gasteiger partial charge in [0.1, 0.15) is 23.2 Å². The Balaban J connectivity index is 1.75. The molecule has 1 heterocycles. The standard InChI is InChI=1S/C16H24ClNO2/c1-16(2,3)20-14-7-5-13(6-8-14)19-15-11-18(12-15)10-4-9-17/h5-8,15H,4,9-12H2,1-3H3. The Morgan fingerprint density at radius 1 is 1.15 bits per heavy atom. The van der Waals surface area contributed by atoms with Crippen LogP contribution in [0.25, 0.3) is 0 Å². The number of hydrogen-bond acceptors (Lipinski definition) is 3. The van der Waals surface area contributed by atoms with Gasteiger partial charge in [0, 0.05) is 19.0 Å². The van der Waals surface area contributed by atoms with Crippen molar-refractivity contribution in [2.45, 2.75) is 38.9 Å². The SMILES string of the molecule is CC(C)(C)Oc1ccc(OC2CN(CCCCl)C2)cc1. The van der Waals surface area contributed by atoms with E-state index in [-0.39, 0.29) is 5.60 Å². The summed E-state index contributed by atoms with van der Waals surface area (Å²) in [6.45, 7) is 9.19. The zero-order valence-corrected chi connectivity index (χ0v) is 13.3. The summed E-state index contributed by atoms with van der Waals surface area (Å²) in [6, 6.07) is 7.88. The van der Waals surface area contributed by atoms with Gasteiger partial charge in [0.15, 0.2) is 0 Å². The highest BCUT2D eigenvalue weighted by Crippen LogP contribution is 2.23. The first-order valence-corrected chi connectivity index (χ1v) is 7.74. The zero-order valence-electron chi connectivity index (χ0n) is 12.6. The van der Waals surface area contributed by atoms with Gasteiger partial charge < -0.3 is 9.47 Å². The molecule has 1 aromatic carbocycles. The fourth-order valence-corrected chi connectivity index (χ4v) is 2.31. The molecule has 1 fully saturated rings. The maximum atomic E-state index is 5.92. The molecule has 0 unspecified atom stereocenters. The van der Waals surface area contributed by atoms with Gasteiger partial charge in [-0.2, -0.15) is 0 Å². The third-order valence-corrected chi connectivity index (χ3v) is 3.35. The van der Waals surface area contributed by atoms with Crippen molar-refractivity contribution in [3.63, 3.8) is 0 Å². The van der Waals surface area contributed by atoms with Gasteiger partial charge in [-0.25, -0.2) is 0 Å². The summed E-state index contributed by atoms with van der Waals surface area (Å²) in [5.41, 5.74) is -0.167. The maximum Gasteiger partial charge on any atom is 0.124 e. The lowest BCUT2D eigenvalue weighted by atomic mass is 10.1. The van der Waals surface area contributed by atoms with Gasteiger partial charge >= 0.3 is 0 Å². The molecule has 0 radical (unpaired) electrons. The molecule has 0 saturated carbocycles. The second-order valence-corrected chi connectivity index (χ2v) is 6.61. The second-order valence-electron chi connectivity index (χ2n) is 6.23. The fraction of sp³-hybridized carbons (Fsp3) is 0.625. The maximum absolute atomic E-state index is 5.92. The van der Waals surface area contributed by atoms with Crippen molar-refractivity contribution >= 4 is 11.6 Å². The third kappa shape index (κ3) is 4.88. The average molecular weight is 298 g/mol. The quantitative estimate of drug-likeness (QED) is 0.750. The minimum absolute atomic E-state index is 0.167. The molecule has 20 heavy (non-hydrogen) atoms. The Morgan fingerprint density at radius 2 is 1.75 bits per heavy atom. The van der Waals surface area contributed by atoms with E-state index in [1.807, 2.05) is 45.0 Å². The largest absolute Gasteiger partial charge is 0.488 e. The minimum Gasteiger partial charge on any atom is -0.488 e. The van der Waals surface area contributed by atoms with E-state index >= 15 is 0 Å². The first kappa shape index (κ1) is 15.5. The monoisotopic (exact) mass is 297 g/mol. The van der Waals surface area contributed by atoms with E-state index in [9.17, 15) is 0 Å². The number of alkyl halides is 1. The number of nitrogens with zero attached hydrogens (tertiary/aromatic N) is 1. The van der Waals surface area contributed by atoms with Gasteiger partial charge in [-0.1, -0.05) is 0 Å². The normalized spacial score (nSPS) is 16.8. The molecule has 2 rings (SSSR count). The lowest BCUT2D eigenvalue weighted by Crippen LogP contribution is -2.53. The number of hydrogen-bond donors (Lipinski definition) is 0. The Kier molecular flexibility index (Phi) is 5.17. The molecule has 4 heteroatoms. The van der Waals surface area contributed by atoms with Crippen LogP contribution in [0.2, 0.25) is 0 Å². The Labute approximate surface area is 126 Å². The van der Waals surface area contributed by atoms with E-state index in [1.165, 1.54) is 0 Å². The van der Waals surface area contributed by atoms with Gasteiger partial charge in [0.05, 0.1) is 0 Å². The van der Waals surface area contributed by atoms with Crippen LogP contribution in [0.1, 0.15) is 27.2 Å². The van der Waals surface area contributed by atoms with Crippen molar-refractivity contribution in [1.29, 1.82) is 0 Å². The van der Waals surface area contributed by atoms with E-state index in [4.69, 9.17) is 21.1 Å². The highest BCUT2D eigenvalue weighted by Gasteiger charge is 2.27. The Bertz CT molecular complexity index is 407. The molecule has 1 aliphatic rings. The summed E-state index contributed by atoms with van der Waals surface area (Å²) >= 11 is 5.68. The number of halogens is 1. The Hall–Kier alpha value is -0.930. The van der Waals surface area contributed by atoms with Crippen LogP contribution in [0.5, 0.6) is 11.5 Å². The molecule has 1 aromatic rings. The zero-order chi connectivity index (χ0) is 14.6. The number of benzene rings is 1. The lowest BCUT2D eigenvalue weighted by Gasteiger charge is -2.38. The molecule has 0 bridgehead atoms. The second kappa shape index (κ2) is 6.68. The van der Waals surface area contributed by atoms with Gasteiger partial charge in [0.25, 0.3) is 0 Å². The summed E-state index contributed by atoms with van der Waals surface area (Å²) in [4.78, 5) is 2.37. The molecule has 0 spiro atoms. The fourth-order valence-electron chi connectivity index (χ4n) is 2.20. The highest BCUT2D eigenvalue weighted by atomic mass is 35.5. The van der Waals surface area contributed by atoms with Crippen LogP contribution in [0.4, 0.5) is 0 Å².